The SMILES string of the molecule is CC1(Cc2ccc(Br)cc2)C(=O)N(c2cc(Cl)cc(Cl)c2)c2ncc(S(=O)[O-])n21.[Br-].[Mg+2]. The molecule has 0 fully saturated rings. The van der Waals surface area contributed by atoms with E-state index >= 15 is 0 Å². The fourth-order valence-corrected chi connectivity index (χ4v) is 4.90. The van der Waals surface area contributed by atoms with E-state index in [0.717, 1.165) is 10.0 Å². The molecule has 0 radical (unpaired) electrons. The van der Waals surface area contributed by atoms with Gasteiger partial charge in [0, 0.05) is 20.9 Å². The number of benzene rings is 2. The van der Waals surface area contributed by atoms with E-state index in [4.69, 9.17) is 23.2 Å². The van der Waals surface area contributed by atoms with Crippen LogP contribution < -0.4 is 21.9 Å². The predicted molar refractivity (Wildman–Crippen MR) is 120 cm³/mol. The van der Waals surface area contributed by atoms with E-state index in [0.29, 0.717) is 15.7 Å². The van der Waals surface area contributed by atoms with E-state index in [9.17, 15) is 13.6 Å². The van der Waals surface area contributed by atoms with Crippen molar-refractivity contribution in [2.45, 2.75) is 23.9 Å². The van der Waals surface area contributed by atoms with Crippen molar-refractivity contribution in [3.05, 3.63) is 68.7 Å². The van der Waals surface area contributed by atoms with Crippen LogP contribution in [0.25, 0.3) is 0 Å². The van der Waals surface area contributed by atoms with Crippen LogP contribution in [0, 0.1) is 0 Å². The molecule has 6 nitrogen and oxygen atoms in total. The topological polar surface area (TPSA) is 78.3 Å². The van der Waals surface area contributed by atoms with Crippen LogP contribution in [0.5, 0.6) is 0 Å². The van der Waals surface area contributed by atoms with Crippen LogP contribution in [0.1, 0.15) is 12.5 Å². The molecule has 1 amide bonds. The number of hydrogen-bond donors (Lipinski definition) is 0. The van der Waals surface area contributed by atoms with Crippen LogP contribution >= 0.6 is 39.1 Å². The van der Waals surface area contributed by atoms with Crippen molar-refractivity contribution >= 4 is 90.8 Å². The first kappa shape index (κ1) is 26.8. The van der Waals surface area contributed by atoms with Crippen molar-refractivity contribution < 1.29 is 30.5 Å². The monoisotopic (exact) mass is 615 g/mol. The largest absolute Gasteiger partial charge is 2.00 e. The summed E-state index contributed by atoms with van der Waals surface area (Å²) in [5.41, 5.74) is 0.0866. The summed E-state index contributed by atoms with van der Waals surface area (Å²) in [7, 11) is 0. The molecule has 3 aromatic rings. The van der Waals surface area contributed by atoms with E-state index in [-0.39, 0.29) is 63.3 Å². The quantitative estimate of drug-likeness (QED) is 0.328. The zero-order chi connectivity index (χ0) is 20.9. The van der Waals surface area contributed by atoms with Gasteiger partial charge < -0.3 is 21.5 Å². The number of nitrogens with zero attached hydrogens (tertiary/aromatic N) is 3. The normalized spacial score (nSPS) is 18.2. The van der Waals surface area contributed by atoms with Gasteiger partial charge in [-0.05, 0) is 53.9 Å². The van der Waals surface area contributed by atoms with Crippen LogP contribution in [-0.4, -0.2) is 47.3 Å². The van der Waals surface area contributed by atoms with Crippen LogP contribution in [0.2, 0.25) is 10.0 Å². The summed E-state index contributed by atoms with van der Waals surface area (Å²) < 4.78 is 26.0. The summed E-state index contributed by atoms with van der Waals surface area (Å²) in [6.45, 7) is 1.70. The first-order valence-electron chi connectivity index (χ1n) is 8.43. The number of rotatable bonds is 4. The Morgan fingerprint density at radius 1 is 1.16 bits per heavy atom. The molecule has 12 heteroatoms. The molecular formula is C19H13Br2Cl2MgN3O3S. The molecule has 1 aliphatic heterocycles. The first-order chi connectivity index (χ1) is 13.7. The number of halogens is 4. The summed E-state index contributed by atoms with van der Waals surface area (Å²) in [5, 5.41) is 0.642. The van der Waals surface area contributed by atoms with Crippen molar-refractivity contribution in [1.82, 2.24) is 9.55 Å². The Balaban J connectivity index is 0.00000171. The molecule has 0 spiro atoms. The number of carbonyl (C=O) groups is 1. The third kappa shape index (κ3) is 4.91. The molecule has 0 bridgehead atoms. The number of fused-ring (bicyclic) bond motifs is 1. The van der Waals surface area contributed by atoms with Gasteiger partial charge in [0.15, 0.2) is 0 Å². The molecule has 0 saturated heterocycles. The van der Waals surface area contributed by atoms with Crippen molar-refractivity contribution in [3.8, 4) is 0 Å². The molecule has 1 aliphatic rings. The van der Waals surface area contributed by atoms with Crippen LogP contribution in [0.3, 0.4) is 0 Å². The van der Waals surface area contributed by atoms with Crippen molar-refractivity contribution in [1.29, 1.82) is 0 Å². The Morgan fingerprint density at radius 2 is 1.74 bits per heavy atom. The molecule has 2 heterocycles. The molecule has 0 aliphatic carbocycles. The van der Waals surface area contributed by atoms with E-state index in [2.05, 4.69) is 20.9 Å². The molecule has 2 atom stereocenters. The van der Waals surface area contributed by atoms with E-state index < -0.39 is 16.6 Å². The molecule has 0 saturated carbocycles. The van der Waals surface area contributed by atoms with Gasteiger partial charge in [0.05, 0.1) is 11.9 Å². The standard InChI is InChI=1S/C19H14BrCl2N3O3S.BrH.Mg/c1-19(9-11-2-4-12(20)5-3-11)17(26)24(15-7-13(21)6-14(22)8-15)18-23-10-16(25(18)19)29(27)28;;/h2-8,10H,9H2,1H3,(H,27,28);1H;/q;;+2/p-2. The van der Waals surface area contributed by atoms with Crippen molar-refractivity contribution in [3.63, 3.8) is 0 Å². The maximum absolute atomic E-state index is 13.6. The Kier molecular flexibility index (Phi) is 8.82. The number of amides is 1. The number of hydrogen-bond acceptors (Lipinski definition) is 4. The van der Waals surface area contributed by atoms with Gasteiger partial charge in [-0.2, -0.15) is 0 Å². The van der Waals surface area contributed by atoms with E-state index in [1.165, 1.54) is 15.7 Å². The maximum Gasteiger partial charge on any atom is 2.00 e. The van der Waals surface area contributed by atoms with Gasteiger partial charge in [0.25, 0.3) is 5.91 Å². The molecule has 31 heavy (non-hydrogen) atoms. The summed E-state index contributed by atoms with van der Waals surface area (Å²) in [6, 6.07) is 12.2. The van der Waals surface area contributed by atoms with Gasteiger partial charge in [-0.1, -0.05) is 51.3 Å². The Morgan fingerprint density at radius 3 is 2.29 bits per heavy atom. The van der Waals surface area contributed by atoms with Gasteiger partial charge in [-0.3, -0.25) is 13.6 Å². The molecule has 4 rings (SSSR count). The molecular weight excluding hydrogens is 605 g/mol. The van der Waals surface area contributed by atoms with E-state index in [1.807, 2.05) is 24.3 Å². The first-order valence-corrected chi connectivity index (χ1v) is 11.1. The Labute approximate surface area is 226 Å². The fraction of sp³-hybridized carbons (Fsp3) is 0.158. The average molecular weight is 618 g/mol. The van der Waals surface area contributed by atoms with Gasteiger partial charge in [-0.25, -0.2) is 9.88 Å². The number of anilines is 2. The molecule has 2 aromatic carbocycles. The maximum atomic E-state index is 13.6. The van der Waals surface area contributed by atoms with Gasteiger partial charge in [0.2, 0.25) is 5.95 Å². The second kappa shape index (κ2) is 10.2. The minimum atomic E-state index is -2.57. The summed E-state index contributed by atoms with van der Waals surface area (Å²) in [5.74, 6) is -0.124. The summed E-state index contributed by atoms with van der Waals surface area (Å²) >= 11 is 13.1. The molecule has 158 valence electrons. The molecule has 2 unspecified atom stereocenters. The third-order valence-electron chi connectivity index (χ3n) is 4.81. The van der Waals surface area contributed by atoms with Gasteiger partial charge >= 0.3 is 23.1 Å². The number of imidazole rings is 1. The summed E-state index contributed by atoms with van der Waals surface area (Å²) in [6.07, 6.45) is 1.52. The minimum Gasteiger partial charge on any atom is -1.00 e. The number of carbonyl (C=O) groups excluding carboxylic acids is 1. The van der Waals surface area contributed by atoms with Gasteiger partial charge in [0.1, 0.15) is 10.6 Å². The Bertz CT molecular complexity index is 1140. The molecule has 1 aromatic heterocycles. The zero-order valence-corrected chi connectivity index (χ0v) is 22.9. The number of aromatic nitrogens is 2. The summed E-state index contributed by atoms with van der Waals surface area (Å²) in [4.78, 5) is 19.2. The fourth-order valence-electron chi connectivity index (χ4n) is 3.55. The van der Waals surface area contributed by atoms with E-state index in [1.54, 1.807) is 25.1 Å². The Hall–Kier alpha value is -0.464. The van der Waals surface area contributed by atoms with Crippen LogP contribution in [-0.2, 0) is 27.8 Å². The van der Waals surface area contributed by atoms with Crippen molar-refractivity contribution in [2.24, 2.45) is 0 Å². The smallest absolute Gasteiger partial charge is 1.00 e. The predicted octanol–water partition coefficient (Wildman–Crippen LogP) is 1.45. The average Bonchev–Trinajstić information content (AvgIpc) is 3.16. The zero-order valence-electron chi connectivity index (χ0n) is 16.0. The van der Waals surface area contributed by atoms with Crippen LogP contribution in [0.4, 0.5) is 11.6 Å². The van der Waals surface area contributed by atoms with Crippen LogP contribution in [0.15, 0.2) is 58.2 Å². The molecule has 0 N–H and O–H groups in total. The van der Waals surface area contributed by atoms with Gasteiger partial charge in [-0.15, -0.1) is 0 Å². The third-order valence-corrected chi connectivity index (χ3v) is 6.40. The van der Waals surface area contributed by atoms with Crippen molar-refractivity contribution in [2.75, 3.05) is 4.90 Å². The second-order valence-electron chi connectivity index (χ2n) is 6.81. The minimum absolute atomic E-state index is 0. The second-order valence-corrected chi connectivity index (χ2v) is 9.49.